The van der Waals surface area contributed by atoms with Crippen molar-refractivity contribution in [2.24, 2.45) is 0 Å². The first-order valence-corrected chi connectivity index (χ1v) is 10.5. The van der Waals surface area contributed by atoms with Gasteiger partial charge in [-0.1, -0.05) is 36.4 Å². The molecule has 1 atom stereocenters. The highest BCUT2D eigenvalue weighted by Crippen LogP contribution is 2.31. The van der Waals surface area contributed by atoms with Crippen LogP contribution in [0, 0.1) is 0 Å². The van der Waals surface area contributed by atoms with Crippen LogP contribution >= 0.6 is 0 Å². The Labute approximate surface area is 191 Å². The Kier molecular flexibility index (Phi) is 8.34. The molecule has 0 aliphatic heterocycles. The van der Waals surface area contributed by atoms with Crippen molar-refractivity contribution in [3.05, 3.63) is 54.1 Å². The molecular formula is C23H27N5O5. The van der Waals surface area contributed by atoms with E-state index in [-0.39, 0.29) is 18.7 Å². The molecule has 1 aromatic heterocycles. The number of ether oxygens (including phenoxy) is 3. The minimum atomic E-state index is -0.570. The molecular weight excluding hydrogens is 426 g/mol. The van der Waals surface area contributed by atoms with Crippen molar-refractivity contribution in [2.75, 3.05) is 21.3 Å². The minimum absolute atomic E-state index is 0.0111. The smallest absolute Gasteiger partial charge is 0.307 e. The Morgan fingerprint density at radius 3 is 2.48 bits per heavy atom. The molecule has 0 saturated heterocycles. The van der Waals surface area contributed by atoms with Crippen LogP contribution in [0.25, 0.3) is 11.4 Å². The van der Waals surface area contributed by atoms with Crippen LogP contribution in [-0.2, 0) is 20.9 Å². The number of aryl methyl sites for hydroxylation is 1. The number of esters is 1. The zero-order valence-electron chi connectivity index (χ0n) is 18.9. The van der Waals surface area contributed by atoms with Gasteiger partial charge in [-0.15, -0.1) is 10.2 Å². The number of hydrogen-bond acceptors (Lipinski definition) is 8. The van der Waals surface area contributed by atoms with E-state index in [0.29, 0.717) is 35.9 Å². The Bertz CT molecular complexity index is 1070. The number of tetrazole rings is 1. The van der Waals surface area contributed by atoms with Crippen LogP contribution in [0.5, 0.6) is 11.5 Å². The fourth-order valence-electron chi connectivity index (χ4n) is 3.26. The van der Waals surface area contributed by atoms with Crippen LogP contribution in [0.2, 0.25) is 0 Å². The van der Waals surface area contributed by atoms with Gasteiger partial charge < -0.3 is 19.5 Å². The predicted molar refractivity (Wildman–Crippen MR) is 120 cm³/mol. The lowest BCUT2D eigenvalue weighted by Crippen LogP contribution is -2.30. The summed E-state index contributed by atoms with van der Waals surface area (Å²) in [4.78, 5) is 26.0. The largest absolute Gasteiger partial charge is 0.493 e. The molecule has 174 valence electrons. The summed E-state index contributed by atoms with van der Waals surface area (Å²) in [6.45, 7) is 0.436. The fourth-order valence-corrected chi connectivity index (χ4v) is 3.26. The van der Waals surface area contributed by atoms with E-state index in [1.807, 2.05) is 30.3 Å². The Morgan fingerprint density at radius 1 is 1.03 bits per heavy atom. The van der Waals surface area contributed by atoms with Gasteiger partial charge in [0.05, 0.1) is 40.3 Å². The molecule has 3 rings (SSSR count). The number of amides is 1. The third-order valence-electron chi connectivity index (χ3n) is 4.99. The second-order valence-corrected chi connectivity index (χ2v) is 7.19. The molecule has 0 saturated carbocycles. The Hall–Kier alpha value is -3.95. The van der Waals surface area contributed by atoms with Crippen LogP contribution in [0.15, 0.2) is 48.5 Å². The molecule has 1 amide bonds. The number of nitrogens with one attached hydrogen (secondary N) is 1. The minimum Gasteiger partial charge on any atom is -0.493 e. The van der Waals surface area contributed by atoms with Crippen molar-refractivity contribution in [3.8, 4) is 22.9 Å². The summed E-state index contributed by atoms with van der Waals surface area (Å²) in [6, 6.07) is 14.2. The summed E-state index contributed by atoms with van der Waals surface area (Å²) in [5.41, 5.74) is 1.58. The molecule has 1 heterocycles. The number of nitrogens with zero attached hydrogens (tertiary/aromatic N) is 4. The monoisotopic (exact) mass is 453 g/mol. The SMILES string of the molecule is COC(=O)CC(NC(=O)CCCn1nnc(-c2ccccc2)n1)c1ccc(OC)c(OC)c1. The Morgan fingerprint density at radius 2 is 1.79 bits per heavy atom. The molecule has 0 fully saturated rings. The topological polar surface area (TPSA) is 117 Å². The molecule has 10 nitrogen and oxygen atoms in total. The van der Waals surface area contributed by atoms with Crippen LogP contribution in [0.1, 0.15) is 30.9 Å². The van der Waals surface area contributed by atoms with Crippen molar-refractivity contribution in [1.82, 2.24) is 25.5 Å². The maximum absolute atomic E-state index is 12.6. The van der Waals surface area contributed by atoms with E-state index < -0.39 is 12.0 Å². The summed E-state index contributed by atoms with van der Waals surface area (Å²) < 4.78 is 15.4. The highest BCUT2D eigenvalue weighted by molar-refractivity contribution is 5.78. The number of carbonyl (C=O) groups excluding carboxylic acids is 2. The molecule has 3 aromatic rings. The highest BCUT2D eigenvalue weighted by atomic mass is 16.5. The average molecular weight is 453 g/mol. The number of aromatic nitrogens is 4. The van der Waals surface area contributed by atoms with Crippen molar-refractivity contribution >= 4 is 11.9 Å². The van der Waals surface area contributed by atoms with E-state index >= 15 is 0 Å². The van der Waals surface area contributed by atoms with E-state index in [9.17, 15) is 9.59 Å². The first-order valence-electron chi connectivity index (χ1n) is 10.5. The molecule has 1 N–H and O–H groups in total. The lowest BCUT2D eigenvalue weighted by atomic mass is 10.0. The summed E-state index contributed by atoms with van der Waals surface area (Å²) in [5, 5.41) is 15.3. The van der Waals surface area contributed by atoms with E-state index in [0.717, 1.165) is 5.56 Å². The standard InChI is InChI=1S/C23H27N5O5/c1-31-19-12-11-17(14-20(19)32-2)18(15-22(30)33-3)24-21(29)10-7-13-28-26-23(25-27-28)16-8-5-4-6-9-16/h4-6,8-9,11-12,14,18H,7,10,13,15H2,1-3H3,(H,24,29). The van der Waals surface area contributed by atoms with Gasteiger partial charge in [0.2, 0.25) is 11.7 Å². The van der Waals surface area contributed by atoms with Crippen molar-refractivity contribution < 1.29 is 23.8 Å². The summed E-state index contributed by atoms with van der Waals surface area (Å²) >= 11 is 0. The van der Waals surface area contributed by atoms with Gasteiger partial charge in [-0.3, -0.25) is 9.59 Å². The highest BCUT2D eigenvalue weighted by Gasteiger charge is 2.20. The summed E-state index contributed by atoms with van der Waals surface area (Å²) in [5.74, 6) is 0.953. The van der Waals surface area contributed by atoms with Crippen LogP contribution in [0.3, 0.4) is 0 Å². The van der Waals surface area contributed by atoms with Gasteiger partial charge in [0, 0.05) is 12.0 Å². The van der Waals surface area contributed by atoms with Gasteiger partial charge in [0.1, 0.15) is 0 Å². The first-order chi connectivity index (χ1) is 16.0. The number of carbonyl (C=O) groups is 2. The van der Waals surface area contributed by atoms with E-state index in [2.05, 4.69) is 20.7 Å². The molecule has 10 heteroatoms. The van der Waals surface area contributed by atoms with Crippen molar-refractivity contribution in [1.29, 1.82) is 0 Å². The van der Waals surface area contributed by atoms with E-state index in [1.165, 1.54) is 26.1 Å². The average Bonchev–Trinajstić information content (AvgIpc) is 3.32. The molecule has 0 aliphatic carbocycles. The third-order valence-corrected chi connectivity index (χ3v) is 4.99. The maximum atomic E-state index is 12.6. The quantitative estimate of drug-likeness (QED) is 0.440. The normalized spacial score (nSPS) is 11.5. The second-order valence-electron chi connectivity index (χ2n) is 7.19. The van der Waals surface area contributed by atoms with Gasteiger partial charge in [-0.05, 0) is 29.3 Å². The maximum Gasteiger partial charge on any atom is 0.307 e. The lowest BCUT2D eigenvalue weighted by Gasteiger charge is -2.19. The van der Waals surface area contributed by atoms with Crippen LogP contribution < -0.4 is 14.8 Å². The predicted octanol–water partition coefficient (Wildman–Crippen LogP) is 2.56. The van der Waals surface area contributed by atoms with E-state index in [4.69, 9.17) is 14.2 Å². The molecule has 2 aromatic carbocycles. The number of methoxy groups -OCH3 is 3. The van der Waals surface area contributed by atoms with Crippen molar-refractivity contribution in [3.63, 3.8) is 0 Å². The second kappa shape index (κ2) is 11.6. The van der Waals surface area contributed by atoms with Crippen LogP contribution in [-0.4, -0.2) is 53.4 Å². The lowest BCUT2D eigenvalue weighted by molar-refractivity contribution is -0.141. The van der Waals surface area contributed by atoms with Gasteiger partial charge >= 0.3 is 5.97 Å². The Balaban J connectivity index is 1.59. The first kappa shape index (κ1) is 23.7. The molecule has 0 bridgehead atoms. The van der Waals surface area contributed by atoms with Crippen molar-refractivity contribution in [2.45, 2.75) is 31.8 Å². The van der Waals surface area contributed by atoms with Gasteiger partial charge in [-0.25, -0.2) is 0 Å². The molecule has 0 radical (unpaired) electrons. The van der Waals surface area contributed by atoms with Crippen LogP contribution in [0.4, 0.5) is 0 Å². The molecule has 0 spiro atoms. The van der Waals surface area contributed by atoms with Gasteiger partial charge in [-0.2, -0.15) is 4.80 Å². The number of hydrogen-bond donors (Lipinski definition) is 1. The van der Waals surface area contributed by atoms with Gasteiger partial charge in [0.15, 0.2) is 11.5 Å². The van der Waals surface area contributed by atoms with Gasteiger partial charge in [0.25, 0.3) is 0 Å². The summed E-state index contributed by atoms with van der Waals surface area (Å²) in [7, 11) is 4.37. The molecule has 33 heavy (non-hydrogen) atoms. The molecule has 1 unspecified atom stereocenters. The molecule has 0 aliphatic rings. The number of rotatable bonds is 11. The zero-order valence-corrected chi connectivity index (χ0v) is 18.9. The summed E-state index contributed by atoms with van der Waals surface area (Å²) in [6.07, 6.45) is 0.725. The zero-order chi connectivity index (χ0) is 23.6. The third kappa shape index (κ3) is 6.52. The van der Waals surface area contributed by atoms with E-state index in [1.54, 1.807) is 18.2 Å². The fraction of sp³-hybridized carbons (Fsp3) is 0.348. The number of benzene rings is 2.